The van der Waals surface area contributed by atoms with Crippen LogP contribution in [0.5, 0.6) is 0 Å². The Kier molecular flexibility index (Phi) is 7.56. The lowest BCUT2D eigenvalue weighted by atomic mass is 9.84. The Morgan fingerprint density at radius 1 is 0.408 bits per heavy atom. The maximum atomic E-state index is 2.44. The van der Waals surface area contributed by atoms with Crippen LogP contribution in [0.1, 0.15) is 25.3 Å². The second kappa shape index (κ2) is 12.5. The average molecular weight is 645 g/mol. The first-order chi connectivity index (χ1) is 24.3. The number of fused-ring (bicyclic) bond motifs is 5. The molecule has 1 heteroatoms. The van der Waals surface area contributed by atoms with Gasteiger partial charge in [0.2, 0.25) is 0 Å². The zero-order valence-electron chi connectivity index (χ0n) is 27.6. The normalized spacial score (nSPS) is 11.6. The highest BCUT2D eigenvalue weighted by Gasteiger charge is 2.18. The molecule has 0 nitrogen and oxygen atoms in total. The van der Waals surface area contributed by atoms with Gasteiger partial charge in [-0.05, 0) is 103 Å². The molecule has 0 amide bonds. The van der Waals surface area contributed by atoms with E-state index in [-0.39, 0.29) is 0 Å². The molecule has 0 fully saturated rings. The summed E-state index contributed by atoms with van der Waals surface area (Å²) in [6.45, 7) is 2.26. The molecule has 0 aliphatic heterocycles. The molecule has 0 saturated heterocycles. The maximum absolute atomic E-state index is 2.44. The van der Waals surface area contributed by atoms with Gasteiger partial charge in [0.25, 0.3) is 0 Å². The molecule has 49 heavy (non-hydrogen) atoms. The fourth-order valence-electron chi connectivity index (χ4n) is 7.64. The van der Waals surface area contributed by atoms with Crippen molar-refractivity contribution in [2.45, 2.75) is 26.2 Å². The largest absolute Gasteiger partial charge is 0.135 e. The number of hydrogen-bond acceptors (Lipinski definition) is 1. The molecule has 1 heterocycles. The Labute approximate surface area is 291 Å². The van der Waals surface area contributed by atoms with Crippen molar-refractivity contribution in [3.8, 4) is 44.5 Å². The van der Waals surface area contributed by atoms with Crippen LogP contribution in [0.15, 0.2) is 164 Å². The molecule has 1 aromatic heterocycles. The quantitative estimate of drug-likeness (QED) is 0.151. The standard InChI is InChI=1S/C48H36S/c1-2-3-13-32-24-26-34(27-25-32)47-41-20-8-7-19-40(41)46(33-14-5-4-6-15-33)42-29-28-36(31-44(42)47)35-16-11-17-37(30-35)38-21-12-22-43-39-18-9-10-23-45(39)49-48(38)43/h4-12,14-31H,2-3,13H2,1H3. The molecule has 8 aromatic carbocycles. The summed E-state index contributed by atoms with van der Waals surface area (Å²) in [5, 5.41) is 7.82. The van der Waals surface area contributed by atoms with Crippen LogP contribution in [0.4, 0.5) is 0 Å². The van der Waals surface area contributed by atoms with Gasteiger partial charge in [0, 0.05) is 20.2 Å². The summed E-state index contributed by atoms with van der Waals surface area (Å²) in [6, 6.07) is 60.9. The summed E-state index contributed by atoms with van der Waals surface area (Å²) in [5.41, 5.74) is 11.5. The van der Waals surface area contributed by atoms with E-state index in [2.05, 4.69) is 171 Å². The van der Waals surface area contributed by atoms with Crippen LogP contribution in [-0.2, 0) is 6.42 Å². The number of aryl methyl sites for hydroxylation is 1. The summed E-state index contributed by atoms with van der Waals surface area (Å²) >= 11 is 1.89. The minimum absolute atomic E-state index is 1.13. The van der Waals surface area contributed by atoms with Crippen molar-refractivity contribution >= 4 is 53.1 Å². The molecule has 9 aromatic rings. The third-order valence-electron chi connectivity index (χ3n) is 10.1. The maximum Gasteiger partial charge on any atom is 0.0433 e. The first-order valence-corrected chi connectivity index (χ1v) is 18.2. The molecule has 0 aliphatic rings. The Balaban J connectivity index is 1.26. The lowest BCUT2D eigenvalue weighted by molar-refractivity contribution is 0.795. The molecule has 0 spiro atoms. The molecule has 0 radical (unpaired) electrons. The number of hydrogen-bond donors (Lipinski definition) is 0. The van der Waals surface area contributed by atoms with Crippen molar-refractivity contribution in [1.29, 1.82) is 0 Å². The highest BCUT2D eigenvalue weighted by molar-refractivity contribution is 7.26. The molecular formula is C48H36S. The number of unbranched alkanes of at least 4 members (excludes halogenated alkanes) is 1. The van der Waals surface area contributed by atoms with Crippen LogP contribution in [0.25, 0.3) is 86.2 Å². The highest BCUT2D eigenvalue weighted by atomic mass is 32.1. The lowest BCUT2D eigenvalue weighted by Gasteiger charge is -2.19. The van der Waals surface area contributed by atoms with Crippen molar-refractivity contribution in [1.82, 2.24) is 0 Å². The number of benzene rings is 8. The second-order valence-corrected chi connectivity index (χ2v) is 14.1. The SMILES string of the molecule is CCCCc1ccc(-c2c3ccccc3c(-c3ccccc3)c3ccc(-c4cccc(-c5cccc6c5sc5ccccc56)c4)cc23)cc1. The Morgan fingerprint density at radius 3 is 1.78 bits per heavy atom. The van der Waals surface area contributed by atoms with E-state index in [0.717, 1.165) is 6.42 Å². The van der Waals surface area contributed by atoms with Crippen molar-refractivity contribution < 1.29 is 0 Å². The van der Waals surface area contributed by atoms with Gasteiger partial charge in [-0.1, -0.05) is 159 Å². The first-order valence-electron chi connectivity index (χ1n) is 17.4. The molecule has 0 atom stereocenters. The summed E-state index contributed by atoms with van der Waals surface area (Å²) in [7, 11) is 0. The van der Waals surface area contributed by atoms with Crippen molar-refractivity contribution in [2.24, 2.45) is 0 Å². The van der Waals surface area contributed by atoms with Gasteiger partial charge in [-0.3, -0.25) is 0 Å². The molecule has 0 aliphatic carbocycles. The van der Waals surface area contributed by atoms with E-state index in [1.54, 1.807) is 0 Å². The molecule has 9 rings (SSSR count). The molecule has 0 N–H and O–H groups in total. The third-order valence-corrected chi connectivity index (χ3v) is 11.3. The van der Waals surface area contributed by atoms with Gasteiger partial charge in [-0.25, -0.2) is 0 Å². The van der Waals surface area contributed by atoms with Crippen LogP contribution in [0.3, 0.4) is 0 Å². The molecule has 0 unspecified atom stereocenters. The van der Waals surface area contributed by atoms with Gasteiger partial charge in [-0.2, -0.15) is 0 Å². The first kappa shape index (κ1) is 29.6. The fourth-order valence-corrected chi connectivity index (χ4v) is 8.88. The average Bonchev–Trinajstić information content (AvgIpc) is 3.55. The van der Waals surface area contributed by atoms with Crippen molar-refractivity contribution in [3.05, 3.63) is 169 Å². The van der Waals surface area contributed by atoms with E-state index in [1.807, 2.05) is 11.3 Å². The van der Waals surface area contributed by atoms with Crippen molar-refractivity contribution in [3.63, 3.8) is 0 Å². The van der Waals surface area contributed by atoms with Crippen LogP contribution in [0, 0.1) is 0 Å². The minimum atomic E-state index is 1.13. The van der Waals surface area contributed by atoms with Crippen LogP contribution in [0.2, 0.25) is 0 Å². The van der Waals surface area contributed by atoms with Gasteiger partial charge in [0.05, 0.1) is 0 Å². The van der Waals surface area contributed by atoms with Gasteiger partial charge < -0.3 is 0 Å². The molecule has 0 saturated carbocycles. The second-order valence-electron chi connectivity index (χ2n) is 13.1. The lowest BCUT2D eigenvalue weighted by Crippen LogP contribution is -1.92. The Morgan fingerprint density at radius 2 is 0.980 bits per heavy atom. The Hall–Kier alpha value is -5.50. The van der Waals surface area contributed by atoms with Crippen LogP contribution < -0.4 is 0 Å². The number of thiophene rings is 1. The van der Waals surface area contributed by atoms with E-state index in [0.29, 0.717) is 0 Å². The van der Waals surface area contributed by atoms with E-state index in [1.165, 1.54) is 105 Å². The van der Waals surface area contributed by atoms with Gasteiger partial charge >= 0.3 is 0 Å². The summed E-state index contributed by atoms with van der Waals surface area (Å²) in [5.74, 6) is 0. The van der Waals surface area contributed by atoms with Crippen molar-refractivity contribution in [2.75, 3.05) is 0 Å². The predicted molar refractivity (Wildman–Crippen MR) is 215 cm³/mol. The summed E-state index contributed by atoms with van der Waals surface area (Å²) in [6.07, 6.45) is 3.55. The number of rotatable bonds is 7. The van der Waals surface area contributed by atoms with Gasteiger partial charge in [0.1, 0.15) is 0 Å². The van der Waals surface area contributed by atoms with Crippen LogP contribution in [-0.4, -0.2) is 0 Å². The van der Waals surface area contributed by atoms with E-state index < -0.39 is 0 Å². The van der Waals surface area contributed by atoms with E-state index in [9.17, 15) is 0 Å². The van der Waals surface area contributed by atoms with E-state index >= 15 is 0 Å². The molecular weight excluding hydrogens is 609 g/mol. The molecule has 234 valence electrons. The van der Waals surface area contributed by atoms with Gasteiger partial charge in [-0.15, -0.1) is 11.3 Å². The van der Waals surface area contributed by atoms with Crippen LogP contribution >= 0.6 is 11.3 Å². The van der Waals surface area contributed by atoms with E-state index in [4.69, 9.17) is 0 Å². The smallest absolute Gasteiger partial charge is 0.0433 e. The molecule has 0 bridgehead atoms. The minimum Gasteiger partial charge on any atom is -0.135 e. The topological polar surface area (TPSA) is 0 Å². The monoisotopic (exact) mass is 644 g/mol. The highest BCUT2D eigenvalue weighted by Crippen LogP contribution is 2.45. The van der Waals surface area contributed by atoms with Gasteiger partial charge in [0.15, 0.2) is 0 Å². The summed E-state index contributed by atoms with van der Waals surface area (Å²) in [4.78, 5) is 0. The zero-order valence-corrected chi connectivity index (χ0v) is 28.4. The zero-order chi connectivity index (χ0) is 32.7. The summed E-state index contributed by atoms with van der Waals surface area (Å²) < 4.78 is 2.69. The fraction of sp³-hybridized carbons (Fsp3) is 0.0833. The predicted octanol–water partition coefficient (Wildman–Crippen LogP) is 14.4. The third kappa shape index (κ3) is 5.23. The Bertz CT molecular complexity index is 2620.